The quantitative estimate of drug-likeness (QED) is 0.787. The second-order valence-electron chi connectivity index (χ2n) is 6.62. The van der Waals surface area contributed by atoms with E-state index in [4.69, 9.17) is 28.0 Å². The zero-order valence-corrected chi connectivity index (χ0v) is 16.7. The van der Waals surface area contributed by atoms with Crippen LogP contribution in [0.4, 0.5) is 15.6 Å². The summed E-state index contributed by atoms with van der Waals surface area (Å²) in [5, 5.41) is 5.48. The largest absolute Gasteiger partial charge is 0.368 e. The number of anilines is 2. The molecule has 1 fully saturated rings. The van der Waals surface area contributed by atoms with Gasteiger partial charge in [-0.25, -0.2) is 9.78 Å². The summed E-state index contributed by atoms with van der Waals surface area (Å²) in [6.45, 7) is 2.95. The third-order valence-electron chi connectivity index (χ3n) is 4.79. The van der Waals surface area contributed by atoms with Crippen LogP contribution in [0.3, 0.4) is 0 Å². The van der Waals surface area contributed by atoms with Gasteiger partial charge >= 0.3 is 12.0 Å². The average Bonchev–Trinajstić information content (AvgIpc) is 3.27. The first-order valence-corrected chi connectivity index (χ1v) is 9.87. The zero-order valence-electron chi connectivity index (χ0n) is 14.4. The molecule has 0 saturated carbocycles. The lowest BCUT2D eigenvalue weighted by molar-refractivity contribution is -0.183. The molecule has 0 bridgehead atoms. The van der Waals surface area contributed by atoms with E-state index in [1.54, 1.807) is 16.0 Å². The molecule has 2 aromatic rings. The van der Waals surface area contributed by atoms with Crippen molar-refractivity contribution in [2.24, 2.45) is 0 Å². The molecule has 1 saturated heterocycles. The highest BCUT2D eigenvalue weighted by Crippen LogP contribution is 2.47. The maximum absolute atomic E-state index is 12.9. The Kier molecular flexibility index (Phi) is 4.75. The Balaban J connectivity index is 1.62. The molecular formula is C17H16Cl2N4O3S. The average molecular weight is 427 g/mol. The number of urea groups is 1. The Bertz CT molecular complexity index is 921. The number of amides is 2. The van der Waals surface area contributed by atoms with Gasteiger partial charge in [-0.15, -0.1) is 5.06 Å². The maximum atomic E-state index is 12.9. The number of hydrogen-bond acceptors (Lipinski definition) is 6. The lowest BCUT2D eigenvalue weighted by atomic mass is 9.82. The summed E-state index contributed by atoms with van der Waals surface area (Å²) in [4.78, 5) is 35.2. The topological polar surface area (TPSA) is 74.8 Å². The van der Waals surface area contributed by atoms with E-state index in [2.05, 4.69) is 10.3 Å². The molecule has 2 aliphatic rings. The number of hydroxylamine groups is 2. The number of fused-ring (bicyclic) bond motifs is 2. The maximum Gasteiger partial charge on any atom is 0.328 e. The van der Waals surface area contributed by atoms with Crippen LogP contribution in [0, 0.1) is 0 Å². The van der Waals surface area contributed by atoms with Crippen LogP contribution in [-0.2, 0) is 15.0 Å². The van der Waals surface area contributed by atoms with Crippen LogP contribution in [0.15, 0.2) is 24.4 Å². The van der Waals surface area contributed by atoms with Gasteiger partial charge in [0.05, 0.1) is 6.20 Å². The molecular weight excluding hydrogens is 411 g/mol. The van der Waals surface area contributed by atoms with Crippen molar-refractivity contribution in [3.8, 4) is 0 Å². The Labute approximate surface area is 169 Å². The molecule has 2 amide bonds. The number of halogens is 2. The van der Waals surface area contributed by atoms with E-state index in [1.165, 1.54) is 24.5 Å². The van der Waals surface area contributed by atoms with Crippen molar-refractivity contribution >= 4 is 57.4 Å². The van der Waals surface area contributed by atoms with Gasteiger partial charge < -0.3 is 4.84 Å². The number of benzene rings is 1. The third kappa shape index (κ3) is 3.50. The SMILES string of the molecule is CC(=O)ON1CCC2(C1)CN(C(=O)Nc1ncc(Cl)s1)c1ccc(Cl)cc12. The van der Waals surface area contributed by atoms with Crippen LogP contribution in [0.5, 0.6) is 0 Å². The van der Waals surface area contributed by atoms with Gasteiger partial charge in [0.25, 0.3) is 0 Å². The monoisotopic (exact) mass is 426 g/mol. The summed E-state index contributed by atoms with van der Waals surface area (Å²) in [7, 11) is 0. The van der Waals surface area contributed by atoms with Crippen LogP contribution in [0.1, 0.15) is 18.9 Å². The molecule has 4 rings (SSSR count). The highest BCUT2D eigenvalue weighted by molar-refractivity contribution is 7.19. The van der Waals surface area contributed by atoms with Gasteiger partial charge in [-0.3, -0.25) is 15.0 Å². The first-order chi connectivity index (χ1) is 12.9. The number of carbonyl (C=O) groups is 2. The fourth-order valence-corrected chi connectivity index (χ4v) is 4.71. The molecule has 3 heterocycles. The molecule has 1 aromatic carbocycles. The molecule has 142 valence electrons. The van der Waals surface area contributed by atoms with E-state index >= 15 is 0 Å². The van der Waals surface area contributed by atoms with E-state index in [9.17, 15) is 9.59 Å². The fourth-order valence-electron chi connectivity index (χ4n) is 3.74. The van der Waals surface area contributed by atoms with Crippen LogP contribution < -0.4 is 10.2 Å². The second kappa shape index (κ2) is 6.94. The minimum atomic E-state index is -0.355. The minimum Gasteiger partial charge on any atom is -0.368 e. The van der Waals surface area contributed by atoms with Crippen LogP contribution in [0.25, 0.3) is 0 Å². The van der Waals surface area contributed by atoms with Gasteiger partial charge in [0.1, 0.15) is 4.34 Å². The molecule has 10 heteroatoms. The van der Waals surface area contributed by atoms with Crippen molar-refractivity contribution in [3.63, 3.8) is 0 Å². The standard InChI is InChI=1S/C17H16Cl2N4O3S/c1-10(24)26-22-5-4-17(8-22)9-23(13-3-2-11(18)6-12(13)17)16(25)21-15-20-7-14(19)27-15/h2-3,6-7H,4-5,8-9H2,1H3,(H,20,21,25). The van der Waals surface area contributed by atoms with E-state index in [0.29, 0.717) is 34.1 Å². The van der Waals surface area contributed by atoms with Gasteiger partial charge in [0.15, 0.2) is 5.13 Å². The highest BCUT2D eigenvalue weighted by Gasteiger charge is 2.50. The number of thiazole rings is 1. The van der Waals surface area contributed by atoms with Gasteiger partial charge in [-0.1, -0.05) is 34.5 Å². The molecule has 1 atom stereocenters. The molecule has 0 radical (unpaired) electrons. The Morgan fingerprint density at radius 2 is 2.15 bits per heavy atom. The van der Waals surface area contributed by atoms with Crippen molar-refractivity contribution in [1.29, 1.82) is 0 Å². The summed E-state index contributed by atoms with van der Waals surface area (Å²) >= 11 is 13.3. The fraction of sp³-hybridized carbons (Fsp3) is 0.353. The number of nitrogens with zero attached hydrogens (tertiary/aromatic N) is 3. The van der Waals surface area contributed by atoms with Crippen LogP contribution >= 0.6 is 34.5 Å². The molecule has 7 nitrogen and oxygen atoms in total. The number of aromatic nitrogens is 1. The molecule has 1 N–H and O–H groups in total. The third-order valence-corrected chi connectivity index (χ3v) is 6.06. The van der Waals surface area contributed by atoms with Gasteiger partial charge in [0, 0.05) is 42.7 Å². The first-order valence-electron chi connectivity index (χ1n) is 8.30. The van der Waals surface area contributed by atoms with E-state index < -0.39 is 0 Å². The minimum absolute atomic E-state index is 0.285. The van der Waals surface area contributed by atoms with Gasteiger partial charge in [-0.05, 0) is 30.2 Å². The number of hydrogen-bond donors (Lipinski definition) is 1. The molecule has 27 heavy (non-hydrogen) atoms. The molecule has 1 spiro atoms. The first kappa shape index (κ1) is 18.5. The summed E-state index contributed by atoms with van der Waals surface area (Å²) in [5.41, 5.74) is 1.44. The van der Waals surface area contributed by atoms with Crippen molar-refractivity contribution in [1.82, 2.24) is 10.0 Å². The number of nitrogens with one attached hydrogen (secondary N) is 1. The van der Waals surface area contributed by atoms with Crippen molar-refractivity contribution in [3.05, 3.63) is 39.3 Å². The van der Waals surface area contributed by atoms with Crippen LogP contribution in [0.2, 0.25) is 9.36 Å². The molecule has 1 unspecified atom stereocenters. The van der Waals surface area contributed by atoms with Gasteiger partial charge in [0.2, 0.25) is 0 Å². The van der Waals surface area contributed by atoms with E-state index in [0.717, 1.165) is 17.7 Å². The van der Waals surface area contributed by atoms with E-state index in [1.807, 2.05) is 12.1 Å². The van der Waals surface area contributed by atoms with Crippen molar-refractivity contribution in [2.75, 3.05) is 29.9 Å². The lowest BCUT2D eigenvalue weighted by Gasteiger charge is -2.25. The normalized spacial score (nSPS) is 21.5. The summed E-state index contributed by atoms with van der Waals surface area (Å²) < 4.78 is 0.503. The van der Waals surface area contributed by atoms with Crippen LogP contribution in [-0.4, -0.2) is 41.7 Å². The zero-order chi connectivity index (χ0) is 19.2. The second-order valence-corrected chi connectivity index (χ2v) is 8.72. The highest BCUT2D eigenvalue weighted by atomic mass is 35.5. The number of carbonyl (C=O) groups excluding carboxylic acids is 2. The summed E-state index contributed by atoms with van der Waals surface area (Å²) in [5.74, 6) is -0.355. The van der Waals surface area contributed by atoms with Crippen molar-refractivity contribution < 1.29 is 14.4 Å². The van der Waals surface area contributed by atoms with Crippen molar-refractivity contribution in [2.45, 2.75) is 18.8 Å². The predicted molar refractivity (Wildman–Crippen MR) is 105 cm³/mol. The summed E-state index contributed by atoms with van der Waals surface area (Å²) in [6, 6.07) is 5.21. The molecule has 1 aromatic heterocycles. The van der Waals surface area contributed by atoms with Gasteiger partial charge in [-0.2, -0.15) is 0 Å². The number of rotatable bonds is 2. The molecule has 2 aliphatic heterocycles. The molecule has 0 aliphatic carbocycles. The Hall–Kier alpha value is -1.87. The summed E-state index contributed by atoms with van der Waals surface area (Å²) in [6.07, 6.45) is 2.25. The smallest absolute Gasteiger partial charge is 0.328 e. The Morgan fingerprint density at radius 3 is 2.85 bits per heavy atom. The lowest BCUT2D eigenvalue weighted by Crippen LogP contribution is -2.41. The Morgan fingerprint density at radius 1 is 1.33 bits per heavy atom. The predicted octanol–water partition coefficient (Wildman–Crippen LogP) is 3.92. The van der Waals surface area contributed by atoms with E-state index in [-0.39, 0.29) is 17.4 Å².